The molecule has 3 rings (SSSR count). The van der Waals surface area contributed by atoms with Crippen LogP contribution in [0.3, 0.4) is 0 Å². The van der Waals surface area contributed by atoms with Crippen molar-refractivity contribution in [2.45, 2.75) is 36.5 Å². The molecule has 0 unspecified atom stereocenters. The highest BCUT2D eigenvalue weighted by Crippen LogP contribution is 2.36. The summed E-state index contributed by atoms with van der Waals surface area (Å²) in [6, 6.07) is 18.8. The second-order valence-electron chi connectivity index (χ2n) is 7.75. The number of hydrogen-bond acceptors (Lipinski definition) is 4. The van der Waals surface area contributed by atoms with Crippen molar-refractivity contribution in [1.82, 2.24) is 0 Å². The summed E-state index contributed by atoms with van der Waals surface area (Å²) in [6.45, 7) is 3.73. The average Bonchev–Trinajstić information content (AvgIpc) is 2.77. The Morgan fingerprint density at radius 1 is 1.03 bits per heavy atom. The third-order valence-electron chi connectivity index (χ3n) is 5.15. The van der Waals surface area contributed by atoms with Crippen molar-refractivity contribution >= 4 is 40.9 Å². The minimum atomic E-state index is -0.984. The van der Waals surface area contributed by atoms with Gasteiger partial charge in [-0.05, 0) is 61.4 Å². The monoisotopic (exact) mass is 490 g/mol. The zero-order valence-electron chi connectivity index (χ0n) is 18.0. The zero-order valence-corrected chi connectivity index (χ0v) is 20.4. The summed E-state index contributed by atoms with van der Waals surface area (Å²) in [7, 11) is 1.59. The van der Waals surface area contributed by atoms with Crippen LogP contribution in [0.1, 0.15) is 30.5 Å². The van der Waals surface area contributed by atoms with Crippen LogP contribution in [0, 0.1) is 0 Å². The van der Waals surface area contributed by atoms with Crippen molar-refractivity contribution < 1.29 is 19.4 Å². The van der Waals surface area contributed by atoms with E-state index in [9.17, 15) is 9.90 Å². The summed E-state index contributed by atoms with van der Waals surface area (Å²) in [5.41, 5.74) is 1.72. The van der Waals surface area contributed by atoms with E-state index in [1.54, 1.807) is 50.9 Å². The Morgan fingerprint density at radius 2 is 1.75 bits per heavy atom. The minimum Gasteiger partial charge on any atom is -0.496 e. The van der Waals surface area contributed by atoms with Crippen LogP contribution in [0.25, 0.3) is 0 Å². The first-order valence-corrected chi connectivity index (χ1v) is 11.6. The van der Waals surface area contributed by atoms with Crippen LogP contribution in [0.2, 0.25) is 10.0 Å². The molecule has 0 amide bonds. The van der Waals surface area contributed by atoms with E-state index in [0.29, 0.717) is 28.0 Å². The molecule has 4 nitrogen and oxygen atoms in total. The molecule has 3 aromatic rings. The fraction of sp³-hybridized carbons (Fsp3) is 0.240. The Labute approximate surface area is 202 Å². The van der Waals surface area contributed by atoms with Gasteiger partial charge < -0.3 is 14.6 Å². The first kappa shape index (κ1) is 24.3. The van der Waals surface area contributed by atoms with E-state index >= 15 is 0 Å². The Bertz CT molecular complexity index is 1100. The van der Waals surface area contributed by atoms with Crippen LogP contribution in [0.4, 0.5) is 0 Å². The molecule has 0 bridgehead atoms. The minimum absolute atomic E-state index is 0.361. The van der Waals surface area contributed by atoms with Crippen LogP contribution < -0.4 is 9.47 Å². The summed E-state index contributed by atoms with van der Waals surface area (Å²) < 4.78 is 11.3. The Kier molecular flexibility index (Phi) is 7.99. The van der Waals surface area contributed by atoms with Gasteiger partial charge in [-0.25, -0.2) is 0 Å². The van der Waals surface area contributed by atoms with Crippen molar-refractivity contribution in [1.29, 1.82) is 0 Å². The maximum Gasteiger partial charge on any atom is 0.313 e. The van der Waals surface area contributed by atoms with Gasteiger partial charge in [0.2, 0.25) is 0 Å². The number of carboxylic acid groups (broad SMARTS) is 1. The van der Waals surface area contributed by atoms with Crippen molar-refractivity contribution in [3.05, 3.63) is 87.4 Å². The molecule has 0 aromatic heterocycles. The van der Waals surface area contributed by atoms with Gasteiger partial charge in [0, 0.05) is 26.3 Å². The molecule has 0 saturated heterocycles. The number of hydrogen-bond donors (Lipinski definition) is 1. The molecule has 32 heavy (non-hydrogen) atoms. The lowest BCUT2D eigenvalue weighted by Crippen LogP contribution is -2.28. The van der Waals surface area contributed by atoms with Gasteiger partial charge in [0.1, 0.15) is 18.1 Å². The molecule has 1 N–H and O–H groups in total. The van der Waals surface area contributed by atoms with Crippen molar-refractivity contribution in [3.63, 3.8) is 0 Å². The van der Waals surface area contributed by atoms with Gasteiger partial charge in [0.15, 0.2) is 0 Å². The van der Waals surface area contributed by atoms with E-state index in [-0.39, 0.29) is 0 Å². The number of benzene rings is 3. The molecule has 0 aliphatic carbocycles. The first-order valence-electron chi connectivity index (χ1n) is 9.91. The number of rotatable bonds is 9. The Hall–Kier alpha value is -2.34. The topological polar surface area (TPSA) is 55.8 Å². The van der Waals surface area contributed by atoms with Gasteiger partial charge in [-0.2, -0.15) is 0 Å². The summed E-state index contributed by atoms with van der Waals surface area (Å²) in [4.78, 5) is 12.5. The normalized spacial score (nSPS) is 11.3. The quantitative estimate of drug-likeness (QED) is 0.320. The van der Waals surface area contributed by atoms with E-state index in [4.69, 9.17) is 32.7 Å². The highest BCUT2D eigenvalue weighted by Gasteiger charge is 2.30. The molecule has 3 aromatic carbocycles. The second-order valence-corrected chi connectivity index (χ2v) is 9.61. The molecule has 0 aliphatic rings. The maximum atomic E-state index is 11.5. The molecule has 7 heteroatoms. The smallest absolute Gasteiger partial charge is 0.313 e. The first-order chi connectivity index (χ1) is 15.2. The molecule has 0 radical (unpaired) electrons. The van der Waals surface area contributed by atoms with Gasteiger partial charge in [-0.15, -0.1) is 11.8 Å². The molecule has 0 spiro atoms. The van der Waals surface area contributed by atoms with Crippen LogP contribution in [-0.4, -0.2) is 18.2 Å². The SMILES string of the molecule is COc1cc(C(C)(C)C(=O)O)ccc1SCc1ccc(OCc2ccc(Cl)cc2Cl)cc1. The van der Waals surface area contributed by atoms with Crippen LogP contribution in [0.5, 0.6) is 11.5 Å². The van der Waals surface area contributed by atoms with E-state index in [2.05, 4.69) is 0 Å². The molecule has 0 atom stereocenters. The lowest BCUT2D eigenvalue weighted by atomic mass is 9.85. The summed E-state index contributed by atoms with van der Waals surface area (Å²) in [5, 5.41) is 10.6. The average molecular weight is 491 g/mol. The van der Waals surface area contributed by atoms with E-state index in [1.165, 1.54) is 0 Å². The predicted molar refractivity (Wildman–Crippen MR) is 130 cm³/mol. The highest BCUT2D eigenvalue weighted by atomic mass is 35.5. The van der Waals surface area contributed by atoms with Crippen LogP contribution >= 0.6 is 35.0 Å². The molecule has 168 valence electrons. The third kappa shape index (κ3) is 5.91. The van der Waals surface area contributed by atoms with E-state index in [0.717, 1.165) is 27.5 Å². The van der Waals surface area contributed by atoms with Crippen LogP contribution in [-0.2, 0) is 22.6 Å². The standard InChI is InChI=1S/C25H24Cl2O4S/c1-25(2,24(28)29)18-7-11-23(22(12-18)30-3)32-15-16-4-9-20(10-5-16)31-14-17-6-8-19(26)13-21(17)27/h4-13H,14-15H2,1-3H3,(H,28,29). The van der Waals surface area contributed by atoms with Gasteiger partial charge in [0.25, 0.3) is 0 Å². The molecule has 0 fully saturated rings. The third-order valence-corrected chi connectivity index (χ3v) is 6.86. The van der Waals surface area contributed by atoms with E-state index < -0.39 is 11.4 Å². The number of ether oxygens (including phenoxy) is 2. The summed E-state index contributed by atoms with van der Waals surface area (Å²) >= 11 is 13.7. The van der Waals surface area contributed by atoms with E-state index in [1.807, 2.05) is 42.5 Å². The largest absolute Gasteiger partial charge is 0.496 e. The van der Waals surface area contributed by atoms with Gasteiger partial charge in [-0.1, -0.05) is 47.5 Å². The van der Waals surface area contributed by atoms with Gasteiger partial charge >= 0.3 is 5.97 Å². The number of carbonyl (C=O) groups is 1. The van der Waals surface area contributed by atoms with Crippen molar-refractivity contribution in [2.24, 2.45) is 0 Å². The molecule has 0 aliphatic heterocycles. The lowest BCUT2D eigenvalue weighted by molar-refractivity contribution is -0.142. The highest BCUT2D eigenvalue weighted by molar-refractivity contribution is 7.98. The summed E-state index contributed by atoms with van der Waals surface area (Å²) in [5.74, 6) is 1.28. The molecular weight excluding hydrogens is 467 g/mol. The van der Waals surface area contributed by atoms with Crippen LogP contribution in [0.15, 0.2) is 65.6 Å². The fourth-order valence-corrected chi connectivity index (χ4v) is 4.37. The molecule has 0 heterocycles. The number of aliphatic carboxylic acids is 1. The number of carboxylic acids is 1. The maximum absolute atomic E-state index is 11.5. The van der Waals surface area contributed by atoms with Gasteiger partial charge in [0.05, 0.1) is 12.5 Å². The van der Waals surface area contributed by atoms with Crippen molar-refractivity contribution in [2.75, 3.05) is 7.11 Å². The Balaban J connectivity index is 1.62. The number of thioether (sulfide) groups is 1. The molecular formula is C25H24Cl2O4S. The Morgan fingerprint density at radius 3 is 2.38 bits per heavy atom. The number of halogens is 2. The fourth-order valence-electron chi connectivity index (χ4n) is 2.94. The summed E-state index contributed by atoms with van der Waals surface area (Å²) in [6.07, 6.45) is 0. The van der Waals surface area contributed by atoms with Crippen molar-refractivity contribution in [3.8, 4) is 11.5 Å². The predicted octanol–water partition coefficient (Wildman–Crippen LogP) is 7.24. The second kappa shape index (κ2) is 10.5. The number of methoxy groups -OCH3 is 1. The molecule has 0 saturated carbocycles. The zero-order chi connectivity index (χ0) is 23.3. The van der Waals surface area contributed by atoms with Gasteiger partial charge in [-0.3, -0.25) is 4.79 Å². The lowest BCUT2D eigenvalue weighted by Gasteiger charge is -2.21.